The predicted molar refractivity (Wildman–Crippen MR) is 76.7 cm³/mol. The number of methoxy groups -OCH3 is 1. The van der Waals surface area contributed by atoms with Crippen LogP contribution in [0.3, 0.4) is 0 Å². The molecule has 1 heterocycles. The van der Waals surface area contributed by atoms with E-state index >= 15 is 0 Å². The van der Waals surface area contributed by atoms with Crippen molar-refractivity contribution in [3.8, 4) is 0 Å². The number of ether oxygens (including phenoxy) is 1. The fourth-order valence-corrected chi connectivity index (χ4v) is 3.34. The highest BCUT2D eigenvalue weighted by Gasteiger charge is 2.08. The molecule has 0 unspecified atom stereocenters. The van der Waals surface area contributed by atoms with Gasteiger partial charge in [0.25, 0.3) is 0 Å². The summed E-state index contributed by atoms with van der Waals surface area (Å²) >= 11 is 9.01. The first kappa shape index (κ1) is 13.5. The van der Waals surface area contributed by atoms with Crippen LogP contribution in [0.2, 0.25) is 5.02 Å². The number of esters is 1. The van der Waals surface area contributed by atoms with Crippen molar-refractivity contribution < 1.29 is 9.53 Å². The quantitative estimate of drug-likeness (QED) is 0.615. The van der Waals surface area contributed by atoms with Crippen molar-refractivity contribution in [2.75, 3.05) is 7.11 Å². The lowest BCUT2D eigenvalue weighted by molar-refractivity contribution is 0.0606. The third-order valence-electron chi connectivity index (χ3n) is 2.24. The number of benzene rings is 1. The van der Waals surface area contributed by atoms with Crippen LogP contribution in [0, 0.1) is 0 Å². The van der Waals surface area contributed by atoms with Crippen LogP contribution in [-0.4, -0.2) is 13.1 Å². The first-order chi connectivity index (χ1) is 8.69. The van der Waals surface area contributed by atoms with E-state index in [1.165, 1.54) is 18.4 Å². The number of thioether (sulfide) groups is 1. The van der Waals surface area contributed by atoms with Crippen molar-refractivity contribution in [3.05, 3.63) is 51.2 Å². The zero-order valence-corrected chi connectivity index (χ0v) is 12.1. The summed E-state index contributed by atoms with van der Waals surface area (Å²) in [6.45, 7) is 0. The highest BCUT2D eigenvalue weighted by Crippen LogP contribution is 2.27. The number of halogens is 1. The molecule has 0 radical (unpaired) electrons. The van der Waals surface area contributed by atoms with Gasteiger partial charge in [0.2, 0.25) is 0 Å². The second kappa shape index (κ2) is 6.27. The van der Waals surface area contributed by atoms with Gasteiger partial charge in [0.05, 0.1) is 7.11 Å². The molecule has 0 saturated heterocycles. The second-order valence-electron chi connectivity index (χ2n) is 3.50. The molecule has 0 amide bonds. The molecule has 0 bridgehead atoms. The van der Waals surface area contributed by atoms with Gasteiger partial charge in [0, 0.05) is 20.5 Å². The van der Waals surface area contributed by atoms with Crippen LogP contribution < -0.4 is 0 Å². The van der Waals surface area contributed by atoms with E-state index in [9.17, 15) is 4.79 Å². The fraction of sp³-hybridized carbons (Fsp3) is 0.154. The minimum Gasteiger partial charge on any atom is -0.465 e. The molecule has 0 fully saturated rings. The molecule has 0 aliphatic carbocycles. The van der Waals surface area contributed by atoms with Crippen molar-refractivity contribution in [1.29, 1.82) is 0 Å². The van der Waals surface area contributed by atoms with E-state index in [1.807, 2.05) is 30.3 Å². The number of rotatable bonds is 4. The molecular weight excluding hydrogens is 288 g/mol. The van der Waals surface area contributed by atoms with Crippen LogP contribution in [0.25, 0.3) is 0 Å². The van der Waals surface area contributed by atoms with E-state index in [0.717, 1.165) is 20.5 Å². The maximum absolute atomic E-state index is 11.3. The number of hydrogen-bond acceptors (Lipinski definition) is 4. The Kier molecular flexibility index (Phi) is 4.69. The van der Waals surface area contributed by atoms with E-state index in [2.05, 4.69) is 4.74 Å². The lowest BCUT2D eigenvalue weighted by Crippen LogP contribution is -1.96. The molecule has 0 aliphatic heterocycles. The van der Waals surface area contributed by atoms with Gasteiger partial charge in [-0.25, -0.2) is 4.79 Å². The van der Waals surface area contributed by atoms with E-state index < -0.39 is 0 Å². The average Bonchev–Trinajstić information content (AvgIpc) is 2.86. The van der Waals surface area contributed by atoms with Gasteiger partial charge in [-0.05, 0) is 36.4 Å². The van der Waals surface area contributed by atoms with Gasteiger partial charge in [-0.3, -0.25) is 0 Å². The average molecular weight is 299 g/mol. The molecule has 0 saturated carbocycles. The van der Waals surface area contributed by atoms with E-state index in [1.54, 1.807) is 17.8 Å². The molecule has 2 nitrogen and oxygen atoms in total. The number of thiophene rings is 1. The number of hydrogen-bond donors (Lipinski definition) is 0. The summed E-state index contributed by atoms with van der Waals surface area (Å²) < 4.78 is 4.68. The Balaban J connectivity index is 1.96. The van der Waals surface area contributed by atoms with Crippen LogP contribution in [0.5, 0.6) is 0 Å². The maximum atomic E-state index is 11.3. The lowest BCUT2D eigenvalue weighted by Gasteiger charge is -1.99. The molecule has 94 valence electrons. The van der Waals surface area contributed by atoms with Gasteiger partial charge in [-0.1, -0.05) is 11.6 Å². The van der Waals surface area contributed by atoms with Gasteiger partial charge in [-0.2, -0.15) is 0 Å². The predicted octanol–water partition coefficient (Wildman–Crippen LogP) is 4.48. The topological polar surface area (TPSA) is 26.3 Å². The molecule has 1 aromatic heterocycles. The summed E-state index contributed by atoms with van der Waals surface area (Å²) in [4.78, 5) is 14.3. The Morgan fingerprint density at radius 2 is 2.00 bits per heavy atom. The summed E-state index contributed by atoms with van der Waals surface area (Å²) in [5.74, 6) is 0.561. The van der Waals surface area contributed by atoms with Gasteiger partial charge in [0.1, 0.15) is 4.88 Å². The third-order valence-corrected chi connectivity index (χ3v) is 4.80. The highest BCUT2D eigenvalue weighted by atomic mass is 35.5. The van der Waals surface area contributed by atoms with Crippen molar-refractivity contribution >= 4 is 40.7 Å². The Morgan fingerprint density at radius 3 is 2.67 bits per heavy atom. The first-order valence-electron chi connectivity index (χ1n) is 5.24. The van der Waals surface area contributed by atoms with Crippen LogP contribution in [0.15, 0.2) is 41.3 Å². The molecule has 0 aliphatic rings. The van der Waals surface area contributed by atoms with Crippen molar-refractivity contribution in [3.63, 3.8) is 0 Å². The Hall–Kier alpha value is -0.970. The molecule has 18 heavy (non-hydrogen) atoms. The molecule has 0 spiro atoms. The highest BCUT2D eigenvalue weighted by molar-refractivity contribution is 7.98. The van der Waals surface area contributed by atoms with Crippen molar-refractivity contribution in [2.24, 2.45) is 0 Å². The lowest BCUT2D eigenvalue weighted by atomic mass is 10.4. The Morgan fingerprint density at radius 1 is 1.28 bits per heavy atom. The maximum Gasteiger partial charge on any atom is 0.348 e. The smallest absolute Gasteiger partial charge is 0.348 e. The molecule has 1 aromatic carbocycles. The first-order valence-corrected chi connectivity index (χ1v) is 7.42. The molecule has 2 rings (SSSR count). The molecular formula is C13H11ClO2S2. The SMILES string of the molecule is COC(=O)c1ccc(CSc2ccc(Cl)cc2)s1. The summed E-state index contributed by atoms with van der Waals surface area (Å²) in [5.41, 5.74) is 0. The Labute approximate surface area is 119 Å². The Bertz CT molecular complexity index is 534. The zero-order chi connectivity index (χ0) is 13.0. The minimum atomic E-state index is -0.275. The third kappa shape index (κ3) is 3.51. The van der Waals surface area contributed by atoms with Gasteiger partial charge >= 0.3 is 5.97 Å². The number of carbonyl (C=O) groups excluding carboxylic acids is 1. The zero-order valence-electron chi connectivity index (χ0n) is 9.68. The second-order valence-corrected chi connectivity index (χ2v) is 6.15. The van der Waals surface area contributed by atoms with Crippen molar-refractivity contribution in [1.82, 2.24) is 0 Å². The summed E-state index contributed by atoms with van der Waals surface area (Å²) in [6, 6.07) is 11.5. The van der Waals surface area contributed by atoms with Crippen LogP contribution in [0.1, 0.15) is 14.5 Å². The molecule has 0 atom stereocenters. The van der Waals surface area contributed by atoms with E-state index in [4.69, 9.17) is 11.6 Å². The summed E-state index contributed by atoms with van der Waals surface area (Å²) in [5, 5.41) is 0.739. The summed E-state index contributed by atoms with van der Waals surface area (Å²) in [6.07, 6.45) is 0. The van der Waals surface area contributed by atoms with Crippen LogP contribution >= 0.6 is 34.7 Å². The largest absolute Gasteiger partial charge is 0.465 e. The normalized spacial score (nSPS) is 10.3. The van der Waals surface area contributed by atoms with E-state index in [-0.39, 0.29) is 5.97 Å². The van der Waals surface area contributed by atoms with Crippen molar-refractivity contribution in [2.45, 2.75) is 10.6 Å². The molecule has 2 aromatic rings. The van der Waals surface area contributed by atoms with Crippen LogP contribution in [0.4, 0.5) is 0 Å². The van der Waals surface area contributed by atoms with E-state index in [0.29, 0.717) is 4.88 Å². The monoisotopic (exact) mass is 298 g/mol. The minimum absolute atomic E-state index is 0.275. The molecule has 5 heteroatoms. The van der Waals surface area contributed by atoms with Crippen LogP contribution in [-0.2, 0) is 10.5 Å². The standard InChI is InChI=1S/C13H11ClO2S2/c1-16-13(15)12-7-6-11(18-12)8-17-10-4-2-9(14)3-5-10/h2-7H,8H2,1H3. The fourth-order valence-electron chi connectivity index (χ4n) is 1.35. The van der Waals surface area contributed by atoms with Gasteiger partial charge < -0.3 is 4.74 Å². The number of carbonyl (C=O) groups is 1. The van der Waals surface area contributed by atoms with Gasteiger partial charge in [-0.15, -0.1) is 23.1 Å². The summed E-state index contributed by atoms with van der Waals surface area (Å²) in [7, 11) is 1.39. The van der Waals surface area contributed by atoms with Gasteiger partial charge in [0.15, 0.2) is 0 Å². The molecule has 0 N–H and O–H groups in total.